The minimum Gasteiger partial charge on any atom is -0.337 e. The smallest absolute Gasteiger partial charge is 0.254 e. The van der Waals surface area contributed by atoms with Gasteiger partial charge in [-0.1, -0.05) is 17.3 Å². The van der Waals surface area contributed by atoms with Crippen LogP contribution in [0.5, 0.6) is 0 Å². The molecule has 0 saturated heterocycles. The number of anilines is 1. The zero-order valence-electron chi connectivity index (χ0n) is 15.9. The lowest BCUT2D eigenvalue weighted by atomic mass is 10.1. The van der Waals surface area contributed by atoms with Crippen molar-refractivity contribution in [3.63, 3.8) is 0 Å². The van der Waals surface area contributed by atoms with E-state index in [1.807, 2.05) is 17.5 Å². The third kappa shape index (κ3) is 4.23. The van der Waals surface area contributed by atoms with Gasteiger partial charge in [-0.3, -0.25) is 9.10 Å². The van der Waals surface area contributed by atoms with Crippen LogP contribution in [0, 0.1) is 6.92 Å². The van der Waals surface area contributed by atoms with Crippen LogP contribution in [0.1, 0.15) is 21.8 Å². The summed E-state index contributed by atoms with van der Waals surface area (Å²) in [4.78, 5) is 19.4. The quantitative estimate of drug-likeness (QED) is 0.608. The Balaban J connectivity index is 1.78. The average Bonchev–Trinajstić information content (AvgIpc) is 3.31. The second-order valence-corrected chi connectivity index (χ2v) is 9.34. The average molecular weight is 421 g/mol. The Morgan fingerprint density at radius 2 is 2.00 bits per heavy atom. The van der Waals surface area contributed by atoms with Crippen molar-refractivity contribution in [3.8, 4) is 10.7 Å². The van der Waals surface area contributed by atoms with Crippen molar-refractivity contribution in [2.45, 2.75) is 13.5 Å². The topological polar surface area (TPSA) is 96.6 Å². The first kappa shape index (κ1) is 20.0. The Morgan fingerprint density at radius 1 is 1.25 bits per heavy atom. The summed E-state index contributed by atoms with van der Waals surface area (Å²) in [5.41, 5.74) is 1.58. The normalized spacial score (nSPS) is 11.4. The number of aryl methyl sites for hydroxylation is 1. The van der Waals surface area contributed by atoms with Gasteiger partial charge in [0.2, 0.25) is 21.7 Å². The van der Waals surface area contributed by atoms with Crippen LogP contribution in [0.25, 0.3) is 10.7 Å². The first-order valence-corrected chi connectivity index (χ1v) is 11.1. The minimum atomic E-state index is -3.43. The van der Waals surface area contributed by atoms with E-state index in [2.05, 4.69) is 10.1 Å². The van der Waals surface area contributed by atoms with E-state index in [4.69, 9.17) is 4.52 Å². The SMILES string of the molecule is Cc1ccc(C(=O)N(C)Cc2nc(-c3cccs3)no2)cc1N(C)S(C)(=O)=O. The summed E-state index contributed by atoms with van der Waals surface area (Å²) in [6.45, 7) is 1.93. The fraction of sp³-hybridized carbons (Fsp3) is 0.278. The maximum absolute atomic E-state index is 12.8. The van der Waals surface area contributed by atoms with Gasteiger partial charge in [-0.2, -0.15) is 4.98 Å². The summed E-state index contributed by atoms with van der Waals surface area (Å²) in [5, 5.41) is 5.85. The number of amides is 1. The number of rotatable bonds is 6. The van der Waals surface area contributed by atoms with Gasteiger partial charge in [0.1, 0.15) is 0 Å². The maximum atomic E-state index is 12.8. The summed E-state index contributed by atoms with van der Waals surface area (Å²) in [6.07, 6.45) is 1.12. The third-order valence-electron chi connectivity index (χ3n) is 4.22. The minimum absolute atomic E-state index is 0.141. The van der Waals surface area contributed by atoms with Crippen LogP contribution >= 0.6 is 11.3 Å². The van der Waals surface area contributed by atoms with Gasteiger partial charge in [-0.05, 0) is 36.1 Å². The number of hydrogen-bond acceptors (Lipinski definition) is 7. The molecule has 0 unspecified atom stereocenters. The number of hydrogen-bond donors (Lipinski definition) is 0. The molecule has 0 saturated carbocycles. The van der Waals surface area contributed by atoms with Gasteiger partial charge >= 0.3 is 0 Å². The molecule has 3 rings (SSSR count). The molecular weight excluding hydrogens is 400 g/mol. The van der Waals surface area contributed by atoms with Gasteiger partial charge < -0.3 is 9.42 Å². The lowest BCUT2D eigenvalue weighted by Gasteiger charge is -2.21. The zero-order valence-corrected chi connectivity index (χ0v) is 17.5. The molecule has 0 atom stereocenters. The highest BCUT2D eigenvalue weighted by atomic mass is 32.2. The molecule has 0 bridgehead atoms. The first-order chi connectivity index (χ1) is 13.2. The Labute approximate surface area is 167 Å². The molecule has 2 aromatic heterocycles. The van der Waals surface area contributed by atoms with Crippen molar-refractivity contribution in [1.29, 1.82) is 0 Å². The Bertz CT molecular complexity index is 1090. The summed E-state index contributed by atoms with van der Waals surface area (Å²) in [5.74, 6) is 0.525. The van der Waals surface area contributed by atoms with Gasteiger partial charge in [-0.25, -0.2) is 8.42 Å². The molecule has 2 heterocycles. The van der Waals surface area contributed by atoms with Gasteiger partial charge in [-0.15, -0.1) is 11.3 Å². The van der Waals surface area contributed by atoms with Gasteiger partial charge in [0.05, 0.1) is 23.4 Å². The number of benzene rings is 1. The number of aromatic nitrogens is 2. The highest BCUT2D eigenvalue weighted by molar-refractivity contribution is 7.92. The molecule has 8 nitrogen and oxygen atoms in total. The number of nitrogens with zero attached hydrogens (tertiary/aromatic N) is 4. The highest BCUT2D eigenvalue weighted by Crippen LogP contribution is 2.24. The van der Waals surface area contributed by atoms with E-state index in [0.29, 0.717) is 23.0 Å². The largest absolute Gasteiger partial charge is 0.337 e. The summed E-state index contributed by atoms with van der Waals surface area (Å²) in [6, 6.07) is 8.74. The molecule has 28 heavy (non-hydrogen) atoms. The summed E-state index contributed by atoms with van der Waals surface area (Å²) < 4.78 is 30.1. The molecule has 0 radical (unpaired) electrons. The van der Waals surface area contributed by atoms with E-state index < -0.39 is 10.0 Å². The molecule has 1 aromatic carbocycles. The van der Waals surface area contributed by atoms with Crippen molar-refractivity contribution in [2.24, 2.45) is 0 Å². The standard InChI is InChI=1S/C18H20N4O4S2/c1-12-7-8-13(10-14(12)22(3)28(4,24)25)18(23)21(2)11-16-19-17(20-26-16)15-6-5-9-27-15/h5-10H,11H2,1-4H3. The Kier molecular flexibility index (Phi) is 5.52. The second-order valence-electron chi connectivity index (χ2n) is 6.38. The first-order valence-electron chi connectivity index (χ1n) is 8.33. The molecule has 1 amide bonds. The van der Waals surface area contributed by atoms with Crippen LogP contribution in [0.4, 0.5) is 5.69 Å². The monoisotopic (exact) mass is 420 g/mol. The maximum Gasteiger partial charge on any atom is 0.254 e. The van der Waals surface area contributed by atoms with Crippen molar-refractivity contribution in [3.05, 3.63) is 52.7 Å². The molecule has 0 aliphatic rings. The molecule has 148 valence electrons. The second kappa shape index (κ2) is 7.72. The van der Waals surface area contributed by atoms with E-state index in [1.54, 1.807) is 32.2 Å². The van der Waals surface area contributed by atoms with Crippen molar-refractivity contribution >= 4 is 33.0 Å². The molecule has 0 fully saturated rings. The van der Waals surface area contributed by atoms with Crippen LogP contribution in [-0.2, 0) is 16.6 Å². The fourth-order valence-corrected chi connectivity index (χ4v) is 3.78. The predicted molar refractivity (Wildman–Crippen MR) is 108 cm³/mol. The fourth-order valence-electron chi connectivity index (χ4n) is 2.58. The van der Waals surface area contributed by atoms with Crippen molar-refractivity contribution in [1.82, 2.24) is 15.0 Å². The zero-order chi connectivity index (χ0) is 20.5. The summed E-state index contributed by atoms with van der Waals surface area (Å²) >= 11 is 1.50. The molecule has 0 spiro atoms. The molecule has 3 aromatic rings. The molecule has 0 aliphatic heterocycles. The number of thiophene rings is 1. The number of carbonyl (C=O) groups is 1. The molecule has 10 heteroatoms. The van der Waals surface area contributed by atoms with Crippen LogP contribution in [0.2, 0.25) is 0 Å². The van der Waals surface area contributed by atoms with Crippen LogP contribution < -0.4 is 4.31 Å². The lowest BCUT2D eigenvalue weighted by molar-refractivity contribution is 0.0769. The Hall–Kier alpha value is -2.72. The van der Waals surface area contributed by atoms with Gasteiger partial charge in [0, 0.05) is 19.7 Å². The van der Waals surface area contributed by atoms with Gasteiger partial charge in [0.25, 0.3) is 5.91 Å². The van der Waals surface area contributed by atoms with E-state index in [1.165, 1.54) is 23.3 Å². The van der Waals surface area contributed by atoms with E-state index >= 15 is 0 Å². The number of sulfonamides is 1. The van der Waals surface area contributed by atoms with Crippen LogP contribution in [-0.4, -0.2) is 49.7 Å². The molecule has 0 N–H and O–H groups in total. The van der Waals surface area contributed by atoms with E-state index in [0.717, 1.165) is 21.0 Å². The third-order valence-corrected chi connectivity index (χ3v) is 6.28. The van der Waals surface area contributed by atoms with Gasteiger partial charge in [0.15, 0.2) is 0 Å². The van der Waals surface area contributed by atoms with E-state index in [9.17, 15) is 13.2 Å². The van der Waals surface area contributed by atoms with Crippen LogP contribution in [0.15, 0.2) is 40.2 Å². The van der Waals surface area contributed by atoms with Crippen molar-refractivity contribution in [2.75, 3.05) is 24.7 Å². The molecule has 0 aliphatic carbocycles. The summed E-state index contributed by atoms with van der Waals surface area (Å²) in [7, 11) is -0.352. The molecular formula is C18H20N4O4S2. The lowest BCUT2D eigenvalue weighted by Crippen LogP contribution is -2.28. The number of carbonyl (C=O) groups excluding carboxylic acids is 1. The predicted octanol–water partition coefficient (Wildman–Crippen LogP) is 2.77. The van der Waals surface area contributed by atoms with Crippen LogP contribution in [0.3, 0.4) is 0 Å². The van der Waals surface area contributed by atoms with E-state index in [-0.39, 0.29) is 12.5 Å². The van der Waals surface area contributed by atoms with Crippen molar-refractivity contribution < 1.29 is 17.7 Å². The Morgan fingerprint density at radius 3 is 2.64 bits per heavy atom. The highest BCUT2D eigenvalue weighted by Gasteiger charge is 2.20.